The van der Waals surface area contributed by atoms with E-state index in [1.807, 2.05) is 0 Å². The molecule has 1 aromatic carbocycles. The maximum absolute atomic E-state index is 12.3. The van der Waals surface area contributed by atoms with Gasteiger partial charge in [0.1, 0.15) is 0 Å². The number of benzene rings is 1. The lowest BCUT2D eigenvalue weighted by Gasteiger charge is -2.26. The van der Waals surface area contributed by atoms with E-state index >= 15 is 0 Å². The van der Waals surface area contributed by atoms with Gasteiger partial charge in [-0.05, 0) is 57.7 Å². The lowest BCUT2D eigenvalue weighted by molar-refractivity contribution is -0.135. The third kappa shape index (κ3) is 5.28. The summed E-state index contributed by atoms with van der Waals surface area (Å²) in [5.41, 5.74) is 0.729. The molecule has 144 valence electrons. The zero-order chi connectivity index (χ0) is 19.3. The number of carbonyl (C=O) groups is 2. The molecule has 1 saturated heterocycles. The minimum Gasteiger partial charge on any atom is -0.452 e. The van der Waals surface area contributed by atoms with Crippen molar-refractivity contribution in [1.29, 1.82) is 0 Å². The third-order valence-corrected chi connectivity index (χ3v) is 5.82. The van der Waals surface area contributed by atoms with Gasteiger partial charge in [0.05, 0.1) is 10.5 Å². The van der Waals surface area contributed by atoms with Gasteiger partial charge >= 0.3 is 5.97 Å². The summed E-state index contributed by atoms with van der Waals surface area (Å²) in [5, 5.41) is 0. The number of amides is 1. The highest BCUT2D eigenvalue weighted by molar-refractivity contribution is 7.89. The molecule has 1 fully saturated rings. The van der Waals surface area contributed by atoms with Crippen LogP contribution in [0, 0.1) is 6.92 Å². The number of hydrogen-bond donors (Lipinski definition) is 1. The van der Waals surface area contributed by atoms with Crippen LogP contribution >= 0.6 is 0 Å². The van der Waals surface area contributed by atoms with E-state index in [2.05, 4.69) is 4.72 Å². The van der Waals surface area contributed by atoms with E-state index < -0.39 is 16.0 Å². The first-order valence-electron chi connectivity index (χ1n) is 8.78. The van der Waals surface area contributed by atoms with Gasteiger partial charge in [0.2, 0.25) is 10.0 Å². The summed E-state index contributed by atoms with van der Waals surface area (Å²) in [6.07, 6.45) is 3.03. The molecule has 0 radical (unpaired) electrons. The largest absolute Gasteiger partial charge is 0.452 e. The number of esters is 1. The van der Waals surface area contributed by atoms with Crippen molar-refractivity contribution in [3.8, 4) is 0 Å². The number of nitrogens with zero attached hydrogens (tertiary/aromatic N) is 1. The number of likely N-dealkylation sites (tertiary alicyclic amines) is 1. The molecular formula is C18H26N2O5S. The molecule has 1 heterocycles. The van der Waals surface area contributed by atoms with Gasteiger partial charge in [-0.2, -0.15) is 0 Å². The average Bonchev–Trinajstić information content (AvgIpc) is 2.59. The van der Waals surface area contributed by atoms with Crippen LogP contribution in [-0.2, 0) is 19.6 Å². The molecule has 0 bridgehead atoms. The molecule has 0 unspecified atom stereocenters. The van der Waals surface area contributed by atoms with Gasteiger partial charge in [-0.3, -0.25) is 4.79 Å². The lowest BCUT2D eigenvalue weighted by Crippen LogP contribution is -2.38. The molecule has 0 aliphatic carbocycles. The van der Waals surface area contributed by atoms with Crippen molar-refractivity contribution in [2.24, 2.45) is 0 Å². The zero-order valence-electron chi connectivity index (χ0n) is 15.4. The van der Waals surface area contributed by atoms with Crippen molar-refractivity contribution in [2.75, 3.05) is 19.7 Å². The summed E-state index contributed by atoms with van der Waals surface area (Å²) in [6.45, 7) is 6.16. The predicted molar refractivity (Wildman–Crippen MR) is 97.4 cm³/mol. The van der Waals surface area contributed by atoms with Crippen molar-refractivity contribution < 1.29 is 22.7 Å². The predicted octanol–water partition coefficient (Wildman–Crippen LogP) is 1.85. The van der Waals surface area contributed by atoms with Crippen molar-refractivity contribution in [3.63, 3.8) is 0 Å². The van der Waals surface area contributed by atoms with E-state index in [0.717, 1.165) is 19.3 Å². The van der Waals surface area contributed by atoms with Gasteiger partial charge in [0.25, 0.3) is 5.91 Å². The van der Waals surface area contributed by atoms with Crippen LogP contribution in [0.1, 0.15) is 49.0 Å². The normalized spacial score (nSPS) is 15.2. The summed E-state index contributed by atoms with van der Waals surface area (Å²) >= 11 is 0. The SMILES string of the molecule is Cc1ccc(S(=O)(=O)NC(C)C)cc1C(=O)OCC(=O)N1CCCCC1. The molecule has 1 N–H and O–H groups in total. The van der Waals surface area contributed by atoms with Gasteiger partial charge in [0, 0.05) is 19.1 Å². The molecule has 1 amide bonds. The molecule has 1 aliphatic heterocycles. The van der Waals surface area contributed by atoms with Gasteiger partial charge in [-0.15, -0.1) is 0 Å². The third-order valence-electron chi connectivity index (χ3n) is 4.17. The molecule has 1 aliphatic rings. The number of aryl methyl sites for hydroxylation is 1. The summed E-state index contributed by atoms with van der Waals surface area (Å²) in [6, 6.07) is 4.01. The van der Waals surface area contributed by atoms with Crippen molar-refractivity contribution in [2.45, 2.75) is 51.0 Å². The number of rotatable bonds is 6. The minimum atomic E-state index is -3.71. The highest BCUT2D eigenvalue weighted by Gasteiger charge is 2.22. The molecule has 8 heteroatoms. The second-order valence-electron chi connectivity index (χ2n) is 6.77. The molecule has 2 rings (SSSR count). The summed E-state index contributed by atoms with van der Waals surface area (Å²) in [7, 11) is -3.71. The van der Waals surface area contributed by atoms with Crippen molar-refractivity contribution in [1.82, 2.24) is 9.62 Å². The first kappa shape index (κ1) is 20.4. The molecule has 0 saturated carbocycles. The Morgan fingerprint density at radius 1 is 1.19 bits per heavy atom. The Kier molecular flexibility index (Phi) is 6.77. The fourth-order valence-electron chi connectivity index (χ4n) is 2.81. The van der Waals surface area contributed by atoms with Crippen LogP contribution < -0.4 is 4.72 Å². The molecular weight excluding hydrogens is 356 g/mol. The number of piperidine rings is 1. The fourth-order valence-corrected chi connectivity index (χ4v) is 4.08. The molecule has 7 nitrogen and oxygen atoms in total. The maximum Gasteiger partial charge on any atom is 0.338 e. The Balaban J connectivity index is 2.08. The quantitative estimate of drug-likeness (QED) is 0.758. The summed E-state index contributed by atoms with van der Waals surface area (Å²) in [5.74, 6) is -0.921. The van der Waals surface area contributed by atoms with Gasteiger partial charge in [0.15, 0.2) is 6.61 Å². The Labute approximate surface area is 154 Å². The Morgan fingerprint density at radius 2 is 1.85 bits per heavy atom. The van der Waals surface area contributed by atoms with Gasteiger partial charge < -0.3 is 9.64 Å². The topological polar surface area (TPSA) is 92.8 Å². The maximum atomic E-state index is 12.3. The van der Waals surface area contributed by atoms with Crippen LogP contribution in [-0.4, -0.2) is 50.9 Å². The summed E-state index contributed by atoms with van der Waals surface area (Å²) in [4.78, 5) is 26.1. The van der Waals surface area contributed by atoms with E-state index in [-0.39, 0.29) is 29.0 Å². The van der Waals surface area contributed by atoms with Gasteiger partial charge in [-0.1, -0.05) is 6.07 Å². The van der Waals surface area contributed by atoms with Crippen LogP contribution in [0.15, 0.2) is 23.1 Å². The van der Waals surface area contributed by atoms with E-state index in [4.69, 9.17) is 4.74 Å². The number of sulfonamides is 1. The molecule has 26 heavy (non-hydrogen) atoms. The van der Waals surface area contributed by atoms with Gasteiger partial charge in [-0.25, -0.2) is 17.9 Å². The number of nitrogens with one attached hydrogen (secondary N) is 1. The highest BCUT2D eigenvalue weighted by atomic mass is 32.2. The molecule has 0 aromatic heterocycles. The first-order valence-corrected chi connectivity index (χ1v) is 10.3. The van der Waals surface area contributed by atoms with Crippen molar-refractivity contribution in [3.05, 3.63) is 29.3 Å². The highest BCUT2D eigenvalue weighted by Crippen LogP contribution is 2.17. The lowest BCUT2D eigenvalue weighted by atomic mass is 10.1. The van der Waals surface area contributed by atoms with Crippen LogP contribution in [0.3, 0.4) is 0 Å². The smallest absolute Gasteiger partial charge is 0.338 e. The van der Waals surface area contributed by atoms with E-state index in [1.165, 1.54) is 12.1 Å². The van der Waals surface area contributed by atoms with E-state index in [1.54, 1.807) is 31.7 Å². The molecule has 0 atom stereocenters. The van der Waals surface area contributed by atoms with Crippen LogP contribution in [0.5, 0.6) is 0 Å². The number of carbonyl (C=O) groups excluding carboxylic acids is 2. The summed E-state index contributed by atoms with van der Waals surface area (Å²) < 4.78 is 32.2. The monoisotopic (exact) mass is 382 g/mol. The Morgan fingerprint density at radius 3 is 2.46 bits per heavy atom. The molecule has 0 spiro atoms. The fraction of sp³-hybridized carbons (Fsp3) is 0.556. The van der Waals surface area contributed by atoms with E-state index in [0.29, 0.717) is 18.7 Å². The van der Waals surface area contributed by atoms with Crippen LogP contribution in [0.4, 0.5) is 0 Å². The molecule has 1 aromatic rings. The van der Waals surface area contributed by atoms with E-state index in [9.17, 15) is 18.0 Å². The number of hydrogen-bond acceptors (Lipinski definition) is 5. The average molecular weight is 382 g/mol. The number of ether oxygens (including phenoxy) is 1. The van der Waals surface area contributed by atoms with Crippen molar-refractivity contribution >= 4 is 21.9 Å². The second kappa shape index (κ2) is 8.64. The van der Waals surface area contributed by atoms with Crippen LogP contribution in [0.25, 0.3) is 0 Å². The Hall–Kier alpha value is -1.93. The minimum absolute atomic E-state index is 0.00823. The standard InChI is InChI=1S/C18H26N2O5S/c1-13(2)19-26(23,24)15-8-7-14(3)16(11-15)18(22)25-12-17(21)20-9-5-4-6-10-20/h7-8,11,13,19H,4-6,9-10,12H2,1-3H3. The van der Waals surface area contributed by atoms with Crippen LogP contribution in [0.2, 0.25) is 0 Å². The Bertz CT molecular complexity index is 768. The second-order valence-corrected chi connectivity index (χ2v) is 8.48. The zero-order valence-corrected chi connectivity index (χ0v) is 16.3. The first-order chi connectivity index (χ1) is 12.2.